The molecule has 8 heteroatoms. The number of carbonyl (C=O) groups is 4. The van der Waals surface area contributed by atoms with E-state index in [9.17, 15) is 19.2 Å². The number of hydrogen-bond donors (Lipinski definition) is 0. The summed E-state index contributed by atoms with van der Waals surface area (Å²) in [5.41, 5.74) is -0.637. The molecule has 0 aromatic rings. The first-order valence-corrected chi connectivity index (χ1v) is 12.7. The first kappa shape index (κ1) is 29.0. The number of esters is 2. The third-order valence-corrected chi connectivity index (χ3v) is 6.10. The van der Waals surface area contributed by atoms with E-state index in [0.717, 1.165) is 0 Å². The molecule has 6 nitrogen and oxygen atoms in total. The van der Waals surface area contributed by atoms with Crippen LogP contribution in [0.3, 0.4) is 0 Å². The predicted octanol–water partition coefficient (Wildman–Crippen LogP) is 4.33. The molecule has 0 rings (SSSR count). The Morgan fingerprint density at radius 2 is 0.867 bits per heavy atom. The summed E-state index contributed by atoms with van der Waals surface area (Å²) in [4.78, 5) is 46.9. The van der Waals surface area contributed by atoms with E-state index in [1.165, 1.54) is 0 Å². The fraction of sp³-hybridized carbons (Fsp3) is 0.818. The second kappa shape index (κ2) is 14.9. The smallest absolute Gasteiger partial charge is 0.306 e. The lowest BCUT2D eigenvalue weighted by Crippen LogP contribution is -2.20. The average Bonchev–Trinajstić information content (AvgIpc) is 2.62. The van der Waals surface area contributed by atoms with Crippen LogP contribution in [-0.2, 0) is 28.7 Å². The molecule has 0 aromatic heterocycles. The zero-order chi connectivity index (χ0) is 23.2. The SMILES string of the molecule is CC(C)(C)C(=O)CCSCCC(=O)OCCOC(=O)CCSCCC(=O)C(C)(C)C. The Labute approximate surface area is 190 Å². The van der Waals surface area contributed by atoms with Gasteiger partial charge in [-0.15, -0.1) is 0 Å². The van der Waals surface area contributed by atoms with E-state index in [-0.39, 0.29) is 60.4 Å². The van der Waals surface area contributed by atoms with Gasteiger partial charge in [0.1, 0.15) is 24.8 Å². The quantitative estimate of drug-likeness (QED) is 0.262. The summed E-state index contributed by atoms with van der Waals surface area (Å²) in [6.45, 7) is 11.5. The summed E-state index contributed by atoms with van der Waals surface area (Å²) in [5.74, 6) is 2.37. The molecule has 0 aliphatic rings. The van der Waals surface area contributed by atoms with Gasteiger partial charge in [-0.3, -0.25) is 19.2 Å². The van der Waals surface area contributed by atoms with Gasteiger partial charge in [0, 0.05) is 46.7 Å². The lowest BCUT2D eigenvalue weighted by molar-refractivity contribution is -0.151. The van der Waals surface area contributed by atoms with E-state index in [1.54, 1.807) is 23.5 Å². The number of hydrogen-bond acceptors (Lipinski definition) is 8. The normalized spacial score (nSPS) is 11.8. The highest BCUT2D eigenvalue weighted by Crippen LogP contribution is 2.19. The van der Waals surface area contributed by atoms with Crippen LogP contribution in [0.4, 0.5) is 0 Å². The standard InChI is InChI=1S/C22H38O6S2/c1-21(2,3)17(23)7-13-29-15-9-19(25)27-11-12-28-20(26)10-16-30-14-8-18(24)22(4,5)6/h7-16H2,1-6H3. The van der Waals surface area contributed by atoms with Crippen LogP contribution in [0.5, 0.6) is 0 Å². The maximum atomic E-state index is 11.8. The minimum atomic E-state index is -0.334. The average molecular weight is 463 g/mol. The van der Waals surface area contributed by atoms with Crippen molar-refractivity contribution in [2.75, 3.05) is 36.2 Å². The molecular formula is C22H38O6S2. The van der Waals surface area contributed by atoms with E-state index in [2.05, 4.69) is 0 Å². The van der Waals surface area contributed by atoms with Gasteiger partial charge in [0.05, 0.1) is 12.8 Å². The Morgan fingerprint density at radius 3 is 1.17 bits per heavy atom. The second-order valence-corrected chi connectivity index (χ2v) is 11.5. The van der Waals surface area contributed by atoms with Gasteiger partial charge in [-0.2, -0.15) is 23.5 Å². The molecule has 0 saturated heterocycles. The molecular weight excluding hydrogens is 424 g/mol. The van der Waals surface area contributed by atoms with Crippen LogP contribution in [0.25, 0.3) is 0 Å². The minimum absolute atomic E-state index is 0.0466. The monoisotopic (exact) mass is 462 g/mol. The fourth-order valence-corrected chi connectivity index (χ4v) is 3.74. The van der Waals surface area contributed by atoms with E-state index in [1.807, 2.05) is 41.5 Å². The van der Waals surface area contributed by atoms with Crippen molar-refractivity contribution in [3.63, 3.8) is 0 Å². The number of thioether (sulfide) groups is 2. The molecule has 0 bridgehead atoms. The van der Waals surface area contributed by atoms with Gasteiger partial charge in [0.2, 0.25) is 0 Å². The topological polar surface area (TPSA) is 86.7 Å². The summed E-state index contributed by atoms with van der Waals surface area (Å²) in [5, 5.41) is 0. The van der Waals surface area contributed by atoms with Crippen LogP contribution in [0.1, 0.15) is 67.2 Å². The molecule has 174 valence electrons. The zero-order valence-corrected chi connectivity index (χ0v) is 21.0. The highest BCUT2D eigenvalue weighted by Gasteiger charge is 2.21. The summed E-state index contributed by atoms with van der Waals surface area (Å²) >= 11 is 3.11. The molecule has 30 heavy (non-hydrogen) atoms. The zero-order valence-electron chi connectivity index (χ0n) is 19.3. The predicted molar refractivity (Wildman–Crippen MR) is 124 cm³/mol. The van der Waals surface area contributed by atoms with Gasteiger partial charge < -0.3 is 9.47 Å². The third-order valence-electron chi connectivity index (χ3n) is 4.13. The van der Waals surface area contributed by atoms with Crippen LogP contribution < -0.4 is 0 Å². The van der Waals surface area contributed by atoms with E-state index in [0.29, 0.717) is 35.9 Å². The second-order valence-electron chi connectivity index (χ2n) is 9.01. The Kier molecular flexibility index (Phi) is 14.4. The van der Waals surface area contributed by atoms with Crippen molar-refractivity contribution >= 4 is 47.0 Å². The molecule has 0 atom stereocenters. The number of rotatable bonds is 15. The molecule has 0 aromatic carbocycles. The summed E-state index contributed by atoms with van der Waals surface area (Å²) in [6, 6.07) is 0. The molecule has 0 radical (unpaired) electrons. The van der Waals surface area contributed by atoms with Gasteiger partial charge in [-0.1, -0.05) is 41.5 Å². The molecule has 0 aliphatic heterocycles. The first-order valence-electron chi connectivity index (χ1n) is 10.4. The van der Waals surface area contributed by atoms with E-state index in [4.69, 9.17) is 9.47 Å². The molecule has 0 amide bonds. The summed E-state index contributed by atoms with van der Waals surface area (Å²) < 4.78 is 10.1. The maximum Gasteiger partial charge on any atom is 0.306 e. The Balaban J connectivity index is 3.59. The molecule has 0 saturated carbocycles. The molecule has 0 spiro atoms. The number of Topliss-reactive ketones (excluding diaryl/α,β-unsaturated/α-hetero) is 2. The van der Waals surface area contributed by atoms with Crippen molar-refractivity contribution in [1.82, 2.24) is 0 Å². The number of ketones is 2. The van der Waals surface area contributed by atoms with Gasteiger partial charge in [-0.25, -0.2) is 0 Å². The van der Waals surface area contributed by atoms with Crippen molar-refractivity contribution < 1.29 is 28.7 Å². The summed E-state index contributed by atoms with van der Waals surface area (Å²) in [6.07, 6.45) is 1.55. The first-order chi connectivity index (χ1) is 13.8. The third kappa shape index (κ3) is 15.8. The number of carbonyl (C=O) groups excluding carboxylic acids is 4. The van der Waals surface area contributed by atoms with E-state index < -0.39 is 0 Å². The van der Waals surface area contributed by atoms with Crippen molar-refractivity contribution in [3.05, 3.63) is 0 Å². The Hall–Kier alpha value is -1.02. The number of ether oxygens (including phenoxy) is 2. The molecule has 0 heterocycles. The van der Waals surface area contributed by atoms with Crippen LogP contribution in [0.15, 0.2) is 0 Å². The highest BCUT2D eigenvalue weighted by atomic mass is 32.2. The van der Waals surface area contributed by atoms with Crippen LogP contribution in [0.2, 0.25) is 0 Å². The Morgan fingerprint density at radius 1 is 0.567 bits per heavy atom. The van der Waals surface area contributed by atoms with Crippen molar-refractivity contribution in [2.45, 2.75) is 67.2 Å². The van der Waals surface area contributed by atoms with Crippen LogP contribution in [-0.4, -0.2) is 59.7 Å². The van der Waals surface area contributed by atoms with Gasteiger partial charge in [0.15, 0.2) is 0 Å². The Bertz CT molecular complexity index is 511. The molecule has 0 N–H and O–H groups in total. The van der Waals surface area contributed by atoms with Crippen molar-refractivity contribution in [3.8, 4) is 0 Å². The lowest BCUT2D eigenvalue weighted by Gasteiger charge is -2.15. The van der Waals surface area contributed by atoms with Crippen LogP contribution >= 0.6 is 23.5 Å². The molecule has 0 fully saturated rings. The highest BCUT2D eigenvalue weighted by molar-refractivity contribution is 7.99. The molecule has 0 unspecified atom stereocenters. The van der Waals surface area contributed by atoms with Gasteiger partial charge in [-0.05, 0) is 0 Å². The van der Waals surface area contributed by atoms with E-state index >= 15 is 0 Å². The fourth-order valence-electron chi connectivity index (χ4n) is 2.05. The van der Waals surface area contributed by atoms with Gasteiger partial charge in [0.25, 0.3) is 0 Å². The molecule has 0 aliphatic carbocycles. The van der Waals surface area contributed by atoms with Crippen molar-refractivity contribution in [2.24, 2.45) is 10.8 Å². The maximum absolute atomic E-state index is 11.8. The largest absolute Gasteiger partial charge is 0.462 e. The van der Waals surface area contributed by atoms with Crippen LogP contribution in [0, 0.1) is 10.8 Å². The van der Waals surface area contributed by atoms with Crippen molar-refractivity contribution in [1.29, 1.82) is 0 Å². The lowest BCUT2D eigenvalue weighted by atomic mass is 9.89. The summed E-state index contributed by atoms with van der Waals surface area (Å²) in [7, 11) is 0. The van der Waals surface area contributed by atoms with Gasteiger partial charge >= 0.3 is 11.9 Å². The minimum Gasteiger partial charge on any atom is -0.462 e.